The van der Waals surface area contributed by atoms with Crippen LogP contribution < -0.4 is 11.3 Å². The van der Waals surface area contributed by atoms with Crippen LogP contribution in [0.4, 0.5) is 0 Å². The molecule has 5 heteroatoms. The van der Waals surface area contributed by atoms with Gasteiger partial charge in [0.05, 0.1) is 6.26 Å². The van der Waals surface area contributed by atoms with Crippen molar-refractivity contribution in [3.8, 4) is 0 Å². The van der Waals surface area contributed by atoms with Crippen molar-refractivity contribution >= 4 is 0 Å². The smallest absolute Gasteiger partial charge is 0.137 e. The molecule has 0 saturated heterocycles. The van der Waals surface area contributed by atoms with Crippen LogP contribution in [-0.2, 0) is 0 Å². The van der Waals surface area contributed by atoms with Crippen molar-refractivity contribution in [2.45, 2.75) is 6.04 Å². The van der Waals surface area contributed by atoms with Crippen LogP contribution in [0.1, 0.15) is 17.6 Å². The molecule has 0 radical (unpaired) electrons. The summed E-state index contributed by atoms with van der Waals surface area (Å²) < 4.78 is 5.21. The number of hydrazine groups is 1. The zero-order valence-corrected chi connectivity index (χ0v) is 6.90. The zero-order chi connectivity index (χ0) is 9.10. The lowest BCUT2D eigenvalue weighted by Gasteiger charge is -2.09. The van der Waals surface area contributed by atoms with Gasteiger partial charge in [-0.3, -0.25) is 5.84 Å². The summed E-state index contributed by atoms with van der Waals surface area (Å²) in [5.74, 6) is 6.85. The van der Waals surface area contributed by atoms with Gasteiger partial charge in [0.25, 0.3) is 0 Å². The summed E-state index contributed by atoms with van der Waals surface area (Å²) in [5, 5.41) is 0. The summed E-state index contributed by atoms with van der Waals surface area (Å²) in [6.45, 7) is 0. The molecule has 68 valence electrons. The van der Waals surface area contributed by atoms with Crippen LogP contribution in [0.5, 0.6) is 0 Å². The number of hydrogen-bond acceptors (Lipinski definition) is 4. The fraction of sp³-hybridized carbons (Fsp3) is 0.125. The summed E-state index contributed by atoms with van der Waals surface area (Å²) in [6, 6.07) is 3.43. The van der Waals surface area contributed by atoms with Gasteiger partial charge in [-0.2, -0.15) is 0 Å². The third kappa shape index (κ3) is 1.47. The van der Waals surface area contributed by atoms with Crippen LogP contribution in [0.25, 0.3) is 0 Å². The van der Waals surface area contributed by atoms with E-state index in [1.54, 1.807) is 18.7 Å². The first-order valence-corrected chi connectivity index (χ1v) is 3.90. The average Bonchev–Trinajstić information content (AvgIpc) is 2.76. The lowest BCUT2D eigenvalue weighted by molar-refractivity contribution is 0.443. The van der Waals surface area contributed by atoms with Gasteiger partial charge >= 0.3 is 0 Å². The third-order valence-corrected chi connectivity index (χ3v) is 1.79. The molecular weight excluding hydrogens is 168 g/mol. The third-order valence-electron chi connectivity index (χ3n) is 1.79. The maximum atomic E-state index is 5.39. The number of nitrogens with zero attached hydrogens (tertiary/aromatic N) is 1. The largest absolute Gasteiger partial charge is 0.467 e. The average molecular weight is 178 g/mol. The van der Waals surface area contributed by atoms with E-state index in [2.05, 4.69) is 15.4 Å². The molecule has 0 aliphatic rings. The van der Waals surface area contributed by atoms with Crippen molar-refractivity contribution in [2.24, 2.45) is 5.84 Å². The molecule has 2 aromatic heterocycles. The maximum absolute atomic E-state index is 5.39. The van der Waals surface area contributed by atoms with Crippen molar-refractivity contribution < 1.29 is 4.42 Å². The minimum atomic E-state index is -0.218. The molecule has 13 heavy (non-hydrogen) atoms. The molecule has 4 N–H and O–H groups in total. The van der Waals surface area contributed by atoms with Crippen molar-refractivity contribution in [1.29, 1.82) is 0 Å². The first kappa shape index (κ1) is 8.03. The molecule has 0 fully saturated rings. The van der Waals surface area contributed by atoms with Gasteiger partial charge in [0.2, 0.25) is 0 Å². The predicted octanol–water partition coefficient (Wildman–Crippen LogP) is 0.555. The quantitative estimate of drug-likeness (QED) is 0.473. The Balaban J connectivity index is 2.29. The van der Waals surface area contributed by atoms with E-state index in [9.17, 15) is 0 Å². The molecule has 0 aliphatic heterocycles. The zero-order valence-electron chi connectivity index (χ0n) is 6.90. The summed E-state index contributed by atoms with van der Waals surface area (Å²) in [5.41, 5.74) is 2.62. The standard InChI is InChI=1S/C8H10N4O/c9-12-7(6-2-1-5-13-6)8-10-3-4-11-8/h1-5,7,12H,9H2,(H,10,11). The van der Waals surface area contributed by atoms with Crippen LogP contribution in [0.3, 0.4) is 0 Å². The number of aromatic nitrogens is 2. The van der Waals surface area contributed by atoms with Crippen LogP contribution >= 0.6 is 0 Å². The topological polar surface area (TPSA) is 79.9 Å². The highest BCUT2D eigenvalue weighted by Crippen LogP contribution is 2.17. The lowest BCUT2D eigenvalue weighted by Crippen LogP contribution is -2.29. The van der Waals surface area contributed by atoms with Crippen LogP contribution in [0.2, 0.25) is 0 Å². The molecule has 0 amide bonds. The molecular formula is C8H10N4O. The number of nitrogens with one attached hydrogen (secondary N) is 2. The molecule has 0 saturated carbocycles. The lowest BCUT2D eigenvalue weighted by atomic mass is 10.2. The minimum absolute atomic E-state index is 0.218. The first-order valence-electron chi connectivity index (χ1n) is 3.90. The second-order valence-electron chi connectivity index (χ2n) is 2.59. The van der Waals surface area contributed by atoms with E-state index in [1.807, 2.05) is 12.1 Å². The molecule has 5 nitrogen and oxygen atoms in total. The van der Waals surface area contributed by atoms with Crippen LogP contribution in [-0.4, -0.2) is 9.97 Å². The SMILES string of the molecule is NNC(c1ncc[nH]1)c1ccco1. The van der Waals surface area contributed by atoms with Gasteiger partial charge < -0.3 is 9.40 Å². The van der Waals surface area contributed by atoms with E-state index in [1.165, 1.54) is 0 Å². The summed E-state index contributed by atoms with van der Waals surface area (Å²) in [6.07, 6.45) is 5.01. The molecule has 0 aromatic carbocycles. The number of rotatable bonds is 3. The Morgan fingerprint density at radius 3 is 3.08 bits per heavy atom. The number of imidazole rings is 1. The summed E-state index contributed by atoms with van der Waals surface area (Å²) >= 11 is 0. The Kier molecular flexibility index (Phi) is 2.11. The number of nitrogens with two attached hydrogens (primary N) is 1. The molecule has 1 atom stereocenters. The minimum Gasteiger partial charge on any atom is -0.467 e. The van der Waals surface area contributed by atoms with Crippen LogP contribution in [0, 0.1) is 0 Å². The predicted molar refractivity (Wildman–Crippen MR) is 46.5 cm³/mol. The van der Waals surface area contributed by atoms with Gasteiger partial charge in [0, 0.05) is 12.4 Å². The van der Waals surface area contributed by atoms with Gasteiger partial charge in [0.15, 0.2) is 0 Å². The monoisotopic (exact) mass is 178 g/mol. The summed E-state index contributed by atoms with van der Waals surface area (Å²) in [4.78, 5) is 7.05. The van der Waals surface area contributed by atoms with E-state index in [0.717, 1.165) is 11.6 Å². The highest BCUT2D eigenvalue weighted by atomic mass is 16.3. The molecule has 2 aromatic rings. The van der Waals surface area contributed by atoms with Crippen LogP contribution in [0.15, 0.2) is 35.2 Å². The molecule has 0 aliphatic carbocycles. The fourth-order valence-electron chi connectivity index (χ4n) is 1.19. The first-order chi connectivity index (χ1) is 6.42. The molecule has 0 bridgehead atoms. The number of furan rings is 1. The van der Waals surface area contributed by atoms with Gasteiger partial charge in [-0.1, -0.05) is 0 Å². The Morgan fingerprint density at radius 1 is 1.62 bits per heavy atom. The van der Waals surface area contributed by atoms with Crippen molar-refractivity contribution in [2.75, 3.05) is 0 Å². The molecule has 2 rings (SSSR count). The molecule has 2 heterocycles. The Labute approximate surface area is 74.9 Å². The van der Waals surface area contributed by atoms with E-state index in [-0.39, 0.29) is 6.04 Å². The Bertz CT molecular complexity index is 306. The number of H-pyrrole nitrogens is 1. The highest BCUT2D eigenvalue weighted by Gasteiger charge is 2.16. The van der Waals surface area contributed by atoms with E-state index < -0.39 is 0 Å². The summed E-state index contributed by atoms with van der Waals surface area (Å²) in [7, 11) is 0. The molecule has 1 unspecified atom stereocenters. The van der Waals surface area contributed by atoms with Crippen molar-refractivity contribution in [3.05, 3.63) is 42.4 Å². The fourth-order valence-corrected chi connectivity index (χ4v) is 1.19. The molecule has 0 spiro atoms. The van der Waals surface area contributed by atoms with Gasteiger partial charge in [-0.25, -0.2) is 10.4 Å². The van der Waals surface area contributed by atoms with Gasteiger partial charge in [-0.15, -0.1) is 0 Å². The van der Waals surface area contributed by atoms with Crippen molar-refractivity contribution in [3.63, 3.8) is 0 Å². The Morgan fingerprint density at radius 2 is 2.54 bits per heavy atom. The number of hydrogen-bond donors (Lipinski definition) is 3. The van der Waals surface area contributed by atoms with E-state index >= 15 is 0 Å². The maximum Gasteiger partial charge on any atom is 0.137 e. The Hall–Kier alpha value is -1.59. The van der Waals surface area contributed by atoms with Gasteiger partial charge in [0.1, 0.15) is 17.6 Å². The van der Waals surface area contributed by atoms with Gasteiger partial charge in [-0.05, 0) is 12.1 Å². The van der Waals surface area contributed by atoms with Crippen molar-refractivity contribution in [1.82, 2.24) is 15.4 Å². The van der Waals surface area contributed by atoms with E-state index in [0.29, 0.717) is 0 Å². The van der Waals surface area contributed by atoms with E-state index in [4.69, 9.17) is 10.3 Å². The number of aromatic amines is 1. The normalized spacial score (nSPS) is 13.0. The second kappa shape index (κ2) is 3.42. The second-order valence-corrected chi connectivity index (χ2v) is 2.59. The highest BCUT2D eigenvalue weighted by molar-refractivity contribution is 5.13.